The SMILES string of the molecule is NC(=O)c1ccc(Cl)c(NC(=O)c2ccc(F)cc2N)c1. The number of hydrogen-bond acceptors (Lipinski definition) is 3. The van der Waals surface area contributed by atoms with E-state index in [4.69, 9.17) is 23.1 Å². The fraction of sp³-hybridized carbons (Fsp3) is 0. The molecule has 7 heteroatoms. The van der Waals surface area contributed by atoms with Crippen molar-refractivity contribution in [2.45, 2.75) is 0 Å². The maximum absolute atomic E-state index is 13.0. The summed E-state index contributed by atoms with van der Waals surface area (Å²) in [5, 5.41) is 2.73. The molecule has 0 aromatic heterocycles. The van der Waals surface area contributed by atoms with Gasteiger partial charge in [-0.05, 0) is 36.4 Å². The van der Waals surface area contributed by atoms with E-state index in [-0.39, 0.29) is 27.5 Å². The van der Waals surface area contributed by atoms with Crippen LogP contribution in [0.15, 0.2) is 36.4 Å². The van der Waals surface area contributed by atoms with Gasteiger partial charge in [0.05, 0.1) is 16.3 Å². The molecule has 0 saturated carbocycles. The number of nitrogen functional groups attached to an aromatic ring is 1. The fourth-order valence-electron chi connectivity index (χ4n) is 1.70. The summed E-state index contributed by atoms with van der Waals surface area (Å²) in [5.41, 5.74) is 11.2. The van der Waals surface area contributed by atoms with Gasteiger partial charge < -0.3 is 16.8 Å². The number of carbonyl (C=O) groups is 2. The van der Waals surface area contributed by atoms with Gasteiger partial charge in [0.1, 0.15) is 5.82 Å². The summed E-state index contributed by atoms with van der Waals surface area (Å²) in [6.45, 7) is 0. The highest BCUT2D eigenvalue weighted by Gasteiger charge is 2.13. The van der Waals surface area contributed by atoms with Gasteiger partial charge in [0.15, 0.2) is 0 Å². The molecule has 0 aliphatic carbocycles. The molecule has 2 aromatic rings. The molecule has 5 N–H and O–H groups in total. The van der Waals surface area contributed by atoms with Gasteiger partial charge in [-0.25, -0.2) is 4.39 Å². The normalized spacial score (nSPS) is 10.2. The summed E-state index contributed by atoms with van der Waals surface area (Å²) in [6, 6.07) is 7.63. The number of carbonyl (C=O) groups excluding carboxylic acids is 2. The largest absolute Gasteiger partial charge is 0.398 e. The van der Waals surface area contributed by atoms with Crippen LogP contribution >= 0.6 is 11.6 Å². The average Bonchev–Trinajstić information content (AvgIpc) is 2.40. The summed E-state index contributed by atoms with van der Waals surface area (Å²) < 4.78 is 13.0. The Hall–Kier alpha value is -2.60. The van der Waals surface area contributed by atoms with E-state index < -0.39 is 17.6 Å². The molecule has 0 fully saturated rings. The van der Waals surface area contributed by atoms with Crippen molar-refractivity contribution in [3.63, 3.8) is 0 Å². The number of benzene rings is 2. The molecule has 21 heavy (non-hydrogen) atoms. The zero-order valence-corrected chi connectivity index (χ0v) is 11.4. The number of rotatable bonds is 3. The first-order valence-electron chi connectivity index (χ1n) is 5.84. The topological polar surface area (TPSA) is 98.2 Å². The third-order valence-electron chi connectivity index (χ3n) is 2.76. The number of nitrogens with two attached hydrogens (primary N) is 2. The van der Waals surface area contributed by atoms with Crippen LogP contribution < -0.4 is 16.8 Å². The summed E-state index contributed by atoms with van der Waals surface area (Å²) in [4.78, 5) is 23.2. The minimum absolute atomic E-state index is 0.00493. The number of hydrogen-bond donors (Lipinski definition) is 3. The second-order valence-corrected chi connectivity index (χ2v) is 4.65. The molecule has 108 valence electrons. The van der Waals surface area contributed by atoms with Crippen LogP contribution in [0, 0.1) is 5.82 Å². The fourth-order valence-corrected chi connectivity index (χ4v) is 1.87. The standard InChI is InChI=1S/C14H11ClFN3O2/c15-10-4-1-7(13(18)20)5-12(10)19-14(21)9-3-2-8(16)6-11(9)17/h1-6H,17H2,(H2,18,20)(H,19,21). The van der Waals surface area contributed by atoms with E-state index in [1.807, 2.05) is 0 Å². The lowest BCUT2D eigenvalue weighted by atomic mass is 10.1. The molecule has 2 aromatic carbocycles. The van der Waals surface area contributed by atoms with E-state index in [1.54, 1.807) is 0 Å². The van der Waals surface area contributed by atoms with Gasteiger partial charge in [-0.15, -0.1) is 0 Å². The van der Waals surface area contributed by atoms with Crippen molar-refractivity contribution in [3.05, 3.63) is 58.4 Å². The molecule has 0 atom stereocenters. The van der Waals surface area contributed by atoms with Gasteiger partial charge in [0.25, 0.3) is 5.91 Å². The average molecular weight is 308 g/mol. The highest BCUT2D eigenvalue weighted by Crippen LogP contribution is 2.24. The Labute approximate surface area is 124 Å². The van der Waals surface area contributed by atoms with Crippen molar-refractivity contribution in [1.29, 1.82) is 0 Å². The van der Waals surface area contributed by atoms with Crippen molar-refractivity contribution in [2.75, 3.05) is 11.1 Å². The van der Waals surface area contributed by atoms with E-state index in [2.05, 4.69) is 5.32 Å². The molecule has 0 saturated heterocycles. The Kier molecular flexibility index (Phi) is 4.09. The molecule has 0 heterocycles. The molecule has 0 bridgehead atoms. The second-order valence-electron chi connectivity index (χ2n) is 4.24. The predicted octanol–water partition coefficient (Wildman–Crippen LogP) is 2.41. The van der Waals surface area contributed by atoms with Crippen LogP contribution in [0.4, 0.5) is 15.8 Å². The molecule has 0 radical (unpaired) electrons. The van der Waals surface area contributed by atoms with Crippen LogP contribution in [0.2, 0.25) is 5.02 Å². The van der Waals surface area contributed by atoms with Crippen LogP contribution in [0.25, 0.3) is 0 Å². The number of primary amides is 1. The Morgan fingerprint density at radius 1 is 1.14 bits per heavy atom. The summed E-state index contributed by atoms with van der Waals surface area (Å²) in [6.07, 6.45) is 0. The lowest BCUT2D eigenvalue weighted by Crippen LogP contribution is -2.16. The Morgan fingerprint density at radius 2 is 1.86 bits per heavy atom. The quantitative estimate of drug-likeness (QED) is 0.759. The van der Waals surface area contributed by atoms with Gasteiger partial charge in [0, 0.05) is 11.3 Å². The highest BCUT2D eigenvalue weighted by molar-refractivity contribution is 6.34. The first kappa shape index (κ1) is 14.8. The number of anilines is 2. The molecule has 0 aliphatic rings. The number of halogens is 2. The van der Waals surface area contributed by atoms with E-state index in [9.17, 15) is 14.0 Å². The molecule has 5 nitrogen and oxygen atoms in total. The van der Waals surface area contributed by atoms with Crippen molar-refractivity contribution in [3.8, 4) is 0 Å². The minimum atomic E-state index is -0.650. The van der Waals surface area contributed by atoms with E-state index in [1.165, 1.54) is 24.3 Å². The molecule has 0 spiro atoms. The van der Waals surface area contributed by atoms with Crippen LogP contribution in [0.3, 0.4) is 0 Å². The zero-order valence-electron chi connectivity index (χ0n) is 10.7. The zero-order chi connectivity index (χ0) is 15.6. The maximum atomic E-state index is 13.0. The van der Waals surface area contributed by atoms with Crippen LogP contribution in [0.5, 0.6) is 0 Å². The first-order valence-corrected chi connectivity index (χ1v) is 6.22. The second kappa shape index (κ2) is 5.80. The molecule has 2 amide bonds. The predicted molar refractivity (Wildman–Crippen MR) is 78.7 cm³/mol. The Bertz CT molecular complexity index is 734. The van der Waals surface area contributed by atoms with E-state index >= 15 is 0 Å². The maximum Gasteiger partial charge on any atom is 0.257 e. The van der Waals surface area contributed by atoms with Gasteiger partial charge in [-0.3, -0.25) is 9.59 Å². The number of amides is 2. The van der Waals surface area contributed by atoms with Gasteiger partial charge in [-0.1, -0.05) is 11.6 Å². The van der Waals surface area contributed by atoms with Crippen molar-refractivity contribution in [2.24, 2.45) is 5.73 Å². The van der Waals surface area contributed by atoms with Crippen LogP contribution in [-0.2, 0) is 0 Å². The third kappa shape index (κ3) is 3.29. The van der Waals surface area contributed by atoms with Crippen LogP contribution in [-0.4, -0.2) is 11.8 Å². The van der Waals surface area contributed by atoms with Gasteiger partial charge >= 0.3 is 0 Å². The molecular formula is C14H11ClFN3O2. The van der Waals surface area contributed by atoms with E-state index in [0.29, 0.717) is 0 Å². The van der Waals surface area contributed by atoms with Gasteiger partial charge in [-0.2, -0.15) is 0 Å². The third-order valence-corrected chi connectivity index (χ3v) is 3.09. The highest BCUT2D eigenvalue weighted by atomic mass is 35.5. The summed E-state index contributed by atoms with van der Waals surface area (Å²) >= 11 is 5.94. The lowest BCUT2D eigenvalue weighted by molar-refractivity contribution is 0.0996. The monoisotopic (exact) mass is 307 g/mol. The molecular weight excluding hydrogens is 297 g/mol. The van der Waals surface area contributed by atoms with Gasteiger partial charge in [0.2, 0.25) is 5.91 Å². The Balaban J connectivity index is 2.31. The first-order chi connectivity index (χ1) is 9.88. The van der Waals surface area contributed by atoms with E-state index in [0.717, 1.165) is 12.1 Å². The van der Waals surface area contributed by atoms with Crippen molar-refractivity contribution >= 4 is 34.8 Å². The van der Waals surface area contributed by atoms with Crippen LogP contribution in [0.1, 0.15) is 20.7 Å². The Morgan fingerprint density at radius 3 is 2.48 bits per heavy atom. The lowest BCUT2D eigenvalue weighted by Gasteiger charge is -2.10. The number of nitrogens with one attached hydrogen (secondary N) is 1. The summed E-state index contributed by atoms with van der Waals surface area (Å²) in [5.74, 6) is -1.77. The smallest absolute Gasteiger partial charge is 0.257 e. The molecule has 0 unspecified atom stereocenters. The minimum Gasteiger partial charge on any atom is -0.398 e. The molecule has 0 aliphatic heterocycles. The van der Waals surface area contributed by atoms with Crippen molar-refractivity contribution in [1.82, 2.24) is 0 Å². The van der Waals surface area contributed by atoms with Crippen molar-refractivity contribution < 1.29 is 14.0 Å². The summed E-state index contributed by atoms with van der Waals surface area (Å²) in [7, 11) is 0. The molecule has 2 rings (SSSR count).